The predicted octanol–water partition coefficient (Wildman–Crippen LogP) is 3.42. The zero-order chi connectivity index (χ0) is 21.0. The van der Waals surface area contributed by atoms with Gasteiger partial charge < -0.3 is 14.8 Å². The van der Waals surface area contributed by atoms with Gasteiger partial charge in [0, 0.05) is 19.0 Å². The van der Waals surface area contributed by atoms with Crippen LogP contribution in [0.2, 0.25) is 0 Å². The zero-order valence-corrected chi connectivity index (χ0v) is 16.8. The first-order valence-electron chi connectivity index (χ1n) is 9.61. The summed E-state index contributed by atoms with van der Waals surface area (Å²) in [6.45, 7) is 6.54. The van der Waals surface area contributed by atoms with Crippen LogP contribution in [0.3, 0.4) is 0 Å². The molecule has 3 amide bonds. The maximum atomic E-state index is 12.5. The average Bonchev–Trinajstić information content (AvgIpc) is 2.92. The van der Waals surface area contributed by atoms with E-state index in [9.17, 15) is 14.4 Å². The molecule has 2 aromatic carbocycles. The van der Waals surface area contributed by atoms with Crippen molar-refractivity contribution in [3.8, 4) is 11.5 Å². The smallest absolute Gasteiger partial charge is 0.261 e. The Hall–Kier alpha value is -3.35. The highest BCUT2D eigenvalue weighted by atomic mass is 16.5. The summed E-state index contributed by atoms with van der Waals surface area (Å²) < 4.78 is 11.0. The number of carbonyl (C=O) groups excluding carboxylic acids is 3. The summed E-state index contributed by atoms with van der Waals surface area (Å²) in [5, 5.41) is 2.78. The lowest BCUT2D eigenvalue weighted by Crippen LogP contribution is -2.32. The van der Waals surface area contributed by atoms with Gasteiger partial charge in [0.05, 0.1) is 30.0 Å². The molecule has 152 valence electrons. The van der Waals surface area contributed by atoms with Crippen LogP contribution in [0.5, 0.6) is 11.5 Å². The fourth-order valence-corrected chi connectivity index (χ4v) is 3.18. The second-order valence-electron chi connectivity index (χ2n) is 6.63. The van der Waals surface area contributed by atoms with E-state index in [0.29, 0.717) is 41.5 Å². The third-order valence-corrected chi connectivity index (χ3v) is 4.52. The Morgan fingerprint density at radius 1 is 0.966 bits per heavy atom. The molecule has 0 aromatic heterocycles. The topological polar surface area (TPSA) is 84.9 Å². The Morgan fingerprint density at radius 3 is 2.41 bits per heavy atom. The lowest BCUT2D eigenvalue weighted by molar-refractivity contribution is -0.116. The van der Waals surface area contributed by atoms with Gasteiger partial charge in [-0.25, -0.2) is 0 Å². The molecule has 7 heteroatoms. The summed E-state index contributed by atoms with van der Waals surface area (Å²) in [5.41, 5.74) is 2.16. The monoisotopic (exact) mass is 396 g/mol. The van der Waals surface area contributed by atoms with Crippen LogP contribution in [0.4, 0.5) is 5.69 Å². The molecule has 0 spiro atoms. The van der Waals surface area contributed by atoms with Crippen molar-refractivity contribution in [2.75, 3.05) is 25.1 Å². The van der Waals surface area contributed by atoms with E-state index in [1.807, 2.05) is 20.8 Å². The Morgan fingerprint density at radius 2 is 1.69 bits per heavy atom. The minimum atomic E-state index is -0.369. The maximum Gasteiger partial charge on any atom is 0.261 e. The number of nitrogens with zero attached hydrogens (tertiary/aromatic N) is 1. The van der Waals surface area contributed by atoms with E-state index in [4.69, 9.17) is 9.47 Å². The second kappa shape index (κ2) is 8.77. The third kappa shape index (κ3) is 4.39. The van der Waals surface area contributed by atoms with Crippen LogP contribution in [-0.4, -0.2) is 42.4 Å². The fraction of sp³-hybridized carbons (Fsp3) is 0.318. The molecule has 1 heterocycles. The molecule has 0 fully saturated rings. The molecule has 7 nitrogen and oxygen atoms in total. The van der Waals surface area contributed by atoms with Gasteiger partial charge in [-0.2, -0.15) is 0 Å². The minimum absolute atomic E-state index is 0.00630. The van der Waals surface area contributed by atoms with Crippen molar-refractivity contribution in [1.29, 1.82) is 0 Å². The molecule has 0 atom stereocenters. The number of carbonyl (C=O) groups is 3. The van der Waals surface area contributed by atoms with Crippen LogP contribution in [0.15, 0.2) is 36.4 Å². The van der Waals surface area contributed by atoms with E-state index in [2.05, 4.69) is 5.32 Å². The highest BCUT2D eigenvalue weighted by Gasteiger charge is 2.35. The lowest BCUT2D eigenvalue weighted by Gasteiger charge is -2.15. The van der Waals surface area contributed by atoms with Gasteiger partial charge in [-0.3, -0.25) is 19.3 Å². The number of fused-ring (bicyclic) bond motifs is 1. The number of hydrogen-bond donors (Lipinski definition) is 1. The van der Waals surface area contributed by atoms with Crippen LogP contribution >= 0.6 is 0 Å². The summed E-state index contributed by atoms with van der Waals surface area (Å²) in [7, 11) is 0. The molecule has 0 bridgehead atoms. The zero-order valence-electron chi connectivity index (χ0n) is 16.8. The largest absolute Gasteiger partial charge is 0.494 e. The van der Waals surface area contributed by atoms with Crippen LogP contribution in [0.25, 0.3) is 0 Å². The highest BCUT2D eigenvalue weighted by Crippen LogP contribution is 2.30. The molecule has 29 heavy (non-hydrogen) atoms. The van der Waals surface area contributed by atoms with E-state index in [-0.39, 0.29) is 30.7 Å². The quantitative estimate of drug-likeness (QED) is 0.691. The first-order valence-corrected chi connectivity index (χ1v) is 9.61. The number of imide groups is 1. The molecular weight excluding hydrogens is 372 g/mol. The van der Waals surface area contributed by atoms with Crippen LogP contribution < -0.4 is 14.8 Å². The predicted molar refractivity (Wildman–Crippen MR) is 109 cm³/mol. The van der Waals surface area contributed by atoms with Gasteiger partial charge in [0.2, 0.25) is 5.91 Å². The number of aryl methyl sites for hydroxylation is 1. The molecule has 0 unspecified atom stereocenters. The Bertz CT molecular complexity index is 954. The Balaban J connectivity index is 1.67. The van der Waals surface area contributed by atoms with Crippen LogP contribution in [-0.2, 0) is 4.79 Å². The summed E-state index contributed by atoms with van der Waals surface area (Å²) in [4.78, 5) is 38.6. The summed E-state index contributed by atoms with van der Waals surface area (Å²) in [6.07, 6.45) is -0.0190. The van der Waals surface area contributed by atoms with Crippen molar-refractivity contribution in [1.82, 2.24) is 4.90 Å². The Labute approximate surface area is 169 Å². The number of rotatable bonds is 8. The first kappa shape index (κ1) is 20.4. The van der Waals surface area contributed by atoms with Gasteiger partial charge >= 0.3 is 0 Å². The molecule has 0 saturated carbocycles. The van der Waals surface area contributed by atoms with E-state index >= 15 is 0 Å². The minimum Gasteiger partial charge on any atom is -0.494 e. The van der Waals surface area contributed by atoms with Gasteiger partial charge in [0.25, 0.3) is 11.8 Å². The van der Waals surface area contributed by atoms with Gasteiger partial charge in [-0.05, 0) is 45.0 Å². The normalized spacial score (nSPS) is 12.7. The average molecular weight is 396 g/mol. The second-order valence-corrected chi connectivity index (χ2v) is 6.63. The number of anilines is 1. The number of benzene rings is 2. The summed E-state index contributed by atoms with van der Waals surface area (Å²) >= 11 is 0. The standard InChI is InChI=1S/C22H24N2O5/c1-4-28-15-7-9-19(29-5-2)18(13-15)23-20(25)10-11-24-21(26)16-8-6-14(3)12-17(16)22(24)27/h6-9,12-13H,4-5,10-11H2,1-3H3,(H,23,25). The lowest BCUT2D eigenvalue weighted by atomic mass is 10.1. The van der Waals surface area contributed by atoms with E-state index in [1.165, 1.54) is 0 Å². The van der Waals surface area contributed by atoms with Gasteiger partial charge in [-0.1, -0.05) is 11.6 Å². The molecule has 2 aromatic rings. The fourth-order valence-electron chi connectivity index (χ4n) is 3.18. The van der Waals surface area contributed by atoms with Crippen molar-refractivity contribution >= 4 is 23.4 Å². The highest BCUT2D eigenvalue weighted by molar-refractivity contribution is 6.21. The van der Waals surface area contributed by atoms with Crippen LogP contribution in [0.1, 0.15) is 46.5 Å². The third-order valence-electron chi connectivity index (χ3n) is 4.52. The van der Waals surface area contributed by atoms with Crippen LogP contribution in [0, 0.1) is 6.92 Å². The van der Waals surface area contributed by atoms with Gasteiger partial charge in [0.15, 0.2) is 0 Å². The molecule has 3 rings (SSSR count). The Kier molecular flexibility index (Phi) is 6.16. The summed E-state index contributed by atoms with van der Waals surface area (Å²) in [6, 6.07) is 10.3. The summed E-state index contributed by atoms with van der Waals surface area (Å²) in [5.74, 6) is 0.0795. The van der Waals surface area contributed by atoms with Crippen molar-refractivity contribution in [3.05, 3.63) is 53.1 Å². The number of amides is 3. The van der Waals surface area contributed by atoms with E-state index in [1.54, 1.807) is 36.4 Å². The van der Waals surface area contributed by atoms with E-state index in [0.717, 1.165) is 10.5 Å². The maximum absolute atomic E-state index is 12.5. The molecule has 0 saturated heterocycles. The SMILES string of the molecule is CCOc1ccc(OCC)c(NC(=O)CCN2C(=O)c3ccc(C)cc3C2=O)c1. The molecule has 1 aliphatic rings. The molecule has 1 N–H and O–H groups in total. The number of ether oxygens (including phenoxy) is 2. The number of nitrogens with one attached hydrogen (secondary N) is 1. The molecule has 0 radical (unpaired) electrons. The number of hydrogen-bond acceptors (Lipinski definition) is 5. The van der Waals surface area contributed by atoms with Gasteiger partial charge in [0.1, 0.15) is 11.5 Å². The molecular formula is C22H24N2O5. The van der Waals surface area contributed by atoms with Crippen molar-refractivity contribution < 1.29 is 23.9 Å². The van der Waals surface area contributed by atoms with Crippen molar-refractivity contribution in [3.63, 3.8) is 0 Å². The first-order chi connectivity index (χ1) is 13.9. The van der Waals surface area contributed by atoms with Gasteiger partial charge in [-0.15, -0.1) is 0 Å². The van der Waals surface area contributed by atoms with Crippen molar-refractivity contribution in [2.24, 2.45) is 0 Å². The molecule has 0 aliphatic carbocycles. The molecule has 1 aliphatic heterocycles. The van der Waals surface area contributed by atoms with Crippen molar-refractivity contribution in [2.45, 2.75) is 27.2 Å². The van der Waals surface area contributed by atoms with E-state index < -0.39 is 0 Å².